The van der Waals surface area contributed by atoms with Gasteiger partial charge in [-0.05, 0) is 12.8 Å². The van der Waals surface area contributed by atoms with Gasteiger partial charge >= 0.3 is 14.8 Å². The summed E-state index contributed by atoms with van der Waals surface area (Å²) >= 11 is 0. The van der Waals surface area contributed by atoms with Gasteiger partial charge < -0.3 is 24.3 Å². The molecule has 0 aliphatic carbocycles. The standard InChI is InChI=1S/C10H24N2O4Si/c1-4-9-17(14-2,15-3)16-8-6-5-7-12-10(11)13/h4-9H2,1-3H3,(H3,11,12,13). The summed E-state index contributed by atoms with van der Waals surface area (Å²) in [5, 5.41) is 2.53. The van der Waals surface area contributed by atoms with E-state index in [0.717, 1.165) is 25.3 Å². The third-order valence-electron chi connectivity index (χ3n) is 2.37. The molecule has 0 fully saturated rings. The Morgan fingerprint density at radius 1 is 1.29 bits per heavy atom. The molecule has 0 rings (SSSR count). The van der Waals surface area contributed by atoms with Crippen molar-refractivity contribution in [3.05, 3.63) is 0 Å². The van der Waals surface area contributed by atoms with Crippen LogP contribution in [-0.2, 0) is 13.3 Å². The maximum absolute atomic E-state index is 10.4. The molecule has 0 heterocycles. The van der Waals surface area contributed by atoms with Crippen LogP contribution in [0.4, 0.5) is 4.79 Å². The van der Waals surface area contributed by atoms with Gasteiger partial charge in [-0.1, -0.05) is 13.3 Å². The molecular formula is C10H24N2O4Si. The van der Waals surface area contributed by atoms with E-state index in [1.54, 1.807) is 14.2 Å². The Labute approximate surface area is 104 Å². The smallest absolute Gasteiger partial charge is 0.377 e. The number of carbonyl (C=O) groups is 1. The fourth-order valence-electron chi connectivity index (χ4n) is 1.45. The normalized spacial score (nSPS) is 11.5. The van der Waals surface area contributed by atoms with Crippen molar-refractivity contribution in [1.82, 2.24) is 5.32 Å². The lowest BCUT2D eigenvalue weighted by molar-refractivity contribution is 0.0963. The first-order valence-electron chi connectivity index (χ1n) is 5.87. The molecule has 0 aromatic carbocycles. The Balaban J connectivity index is 3.71. The van der Waals surface area contributed by atoms with E-state index in [1.807, 2.05) is 0 Å². The maximum atomic E-state index is 10.4. The van der Waals surface area contributed by atoms with Gasteiger partial charge in [-0.25, -0.2) is 4.79 Å². The molecule has 17 heavy (non-hydrogen) atoms. The van der Waals surface area contributed by atoms with E-state index >= 15 is 0 Å². The monoisotopic (exact) mass is 264 g/mol. The first-order valence-corrected chi connectivity index (χ1v) is 7.81. The zero-order valence-corrected chi connectivity index (χ0v) is 12.0. The number of primary amides is 1. The molecule has 7 heteroatoms. The van der Waals surface area contributed by atoms with Crippen molar-refractivity contribution in [3.63, 3.8) is 0 Å². The number of nitrogens with two attached hydrogens (primary N) is 1. The summed E-state index contributed by atoms with van der Waals surface area (Å²) in [7, 11) is 0.813. The number of urea groups is 1. The van der Waals surface area contributed by atoms with Crippen molar-refractivity contribution in [2.24, 2.45) is 5.73 Å². The number of unbranched alkanes of at least 4 members (excludes halogenated alkanes) is 1. The van der Waals surface area contributed by atoms with Crippen LogP contribution in [0.25, 0.3) is 0 Å². The Hall–Kier alpha value is -0.633. The van der Waals surface area contributed by atoms with E-state index in [4.69, 9.17) is 19.0 Å². The van der Waals surface area contributed by atoms with Crippen molar-refractivity contribution in [2.75, 3.05) is 27.4 Å². The van der Waals surface area contributed by atoms with Gasteiger partial charge in [0, 0.05) is 33.4 Å². The molecule has 2 amide bonds. The summed E-state index contributed by atoms with van der Waals surface area (Å²) in [6, 6.07) is 0.328. The Morgan fingerprint density at radius 2 is 1.94 bits per heavy atom. The van der Waals surface area contributed by atoms with Gasteiger partial charge in [0.05, 0.1) is 0 Å². The lowest BCUT2D eigenvalue weighted by Gasteiger charge is -2.25. The summed E-state index contributed by atoms with van der Waals surface area (Å²) in [6.07, 6.45) is 2.63. The van der Waals surface area contributed by atoms with E-state index in [-0.39, 0.29) is 0 Å². The lowest BCUT2D eigenvalue weighted by Crippen LogP contribution is -2.44. The number of rotatable bonds is 10. The van der Waals surface area contributed by atoms with Gasteiger partial charge in [0.2, 0.25) is 0 Å². The van der Waals surface area contributed by atoms with E-state index in [0.29, 0.717) is 13.2 Å². The first kappa shape index (κ1) is 16.4. The van der Waals surface area contributed by atoms with E-state index in [1.165, 1.54) is 0 Å². The molecule has 0 aromatic heterocycles. The highest BCUT2D eigenvalue weighted by Crippen LogP contribution is 2.16. The third-order valence-corrected chi connectivity index (χ3v) is 5.37. The van der Waals surface area contributed by atoms with Gasteiger partial charge in [0.15, 0.2) is 0 Å². The highest BCUT2D eigenvalue weighted by molar-refractivity contribution is 6.60. The molecule has 3 N–H and O–H groups in total. The van der Waals surface area contributed by atoms with Gasteiger partial charge in [-0.3, -0.25) is 0 Å². The number of nitrogens with one attached hydrogen (secondary N) is 1. The number of hydrogen-bond acceptors (Lipinski definition) is 4. The fraction of sp³-hybridized carbons (Fsp3) is 0.900. The van der Waals surface area contributed by atoms with Crippen LogP contribution < -0.4 is 11.1 Å². The van der Waals surface area contributed by atoms with E-state index < -0.39 is 14.8 Å². The first-order chi connectivity index (χ1) is 8.10. The molecule has 102 valence electrons. The predicted molar refractivity (Wildman–Crippen MR) is 67.6 cm³/mol. The van der Waals surface area contributed by atoms with Crippen LogP contribution >= 0.6 is 0 Å². The molecule has 0 saturated heterocycles. The molecular weight excluding hydrogens is 240 g/mol. The Morgan fingerprint density at radius 3 is 2.41 bits per heavy atom. The maximum Gasteiger partial charge on any atom is 0.500 e. The molecule has 0 saturated carbocycles. The quantitative estimate of drug-likeness (QED) is 0.457. The molecule has 0 unspecified atom stereocenters. The number of carbonyl (C=O) groups excluding carboxylic acids is 1. The zero-order valence-electron chi connectivity index (χ0n) is 11.0. The highest BCUT2D eigenvalue weighted by atomic mass is 28.4. The van der Waals surface area contributed by atoms with Gasteiger partial charge in [0.1, 0.15) is 0 Å². The van der Waals surface area contributed by atoms with Crippen LogP contribution in [0.15, 0.2) is 0 Å². The second-order valence-electron chi connectivity index (χ2n) is 3.69. The van der Waals surface area contributed by atoms with Crippen LogP contribution in [-0.4, -0.2) is 42.2 Å². The van der Waals surface area contributed by atoms with Crippen molar-refractivity contribution in [1.29, 1.82) is 0 Å². The topological polar surface area (TPSA) is 82.8 Å². The fourth-order valence-corrected chi connectivity index (χ4v) is 3.47. The van der Waals surface area contributed by atoms with Crippen LogP contribution in [0.1, 0.15) is 26.2 Å². The minimum absolute atomic E-state index is 0.491. The second kappa shape index (κ2) is 9.40. The lowest BCUT2D eigenvalue weighted by atomic mass is 10.3. The van der Waals surface area contributed by atoms with E-state index in [9.17, 15) is 4.79 Å². The molecule has 0 bridgehead atoms. The van der Waals surface area contributed by atoms with Crippen LogP contribution in [0.3, 0.4) is 0 Å². The largest absolute Gasteiger partial charge is 0.500 e. The number of hydrogen-bond donors (Lipinski definition) is 2. The van der Waals surface area contributed by atoms with Crippen LogP contribution in [0.5, 0.6) is 0 Å². The summed E-state index contributed by atoms with van der Waals surface area (Å²) in [5.74, 6) is 0. The van der Waals surface area contributed by atoms with Crippen molar-refractivity contribution < 1.29 is 18.1 Å². The number of amides is 2. The van der Waals surface area contributed by atoms with Crippen LogP contribution in [0.2, 0.25) is 6.04 Å². The van der Waals surface area contributed by atoms with E-state index in [2.05, 4.69) is 12.2 Å². The third kappa shape index (κ3) is 7.32. The molecule has 0 aromatic rings. The second-order valence-corrected chi connectivity index (χ2v) is 6.66. The predicted octanol–water partition coefficient (Wildman–Crippen LogP) is 1.09. The Bertz CT molecular complexity index is 212. The summed E-state index contributed by atoms with van der Waals surface area (Å²) in [5.41, 5.74) is 4.94. The van der Waals surface area contributed by atoms with Crippen molar-refractivity contribution >= 4 is 14.8 Å². The summed E-state index contributed by atoms with van der Waals surface area (Å²) < 4.78 is 16.5. The minimum Gasteiger partial charge on any atom is -0.377 e. The SMILES string of the molecule is CCC[Si](OC)(OC)OCCCCNC(N)=O. The van der Waals surface area contributed by atoms with Gasteiger partial charge in [-0.15, -0.1) is 0 Å². The zero-order chi connectivity index (χ0) is 13.1. The van der Waals surface area contributed by atoms with Gasteiger partial charge in [-0.2, -0.15) is 0 Å². The summed E-state index contributed by atoms with van der Waals surface area (Å²) in [4.78, 5) is 10.4. The molecule has 0 atom stereocenters. The Kier molecular flexibility index (Phi) is 9.05. The molecule has 0 aliphatic rings. The molecule has 0 spiro atoms. The molecule has 0 radical (unpaired) electrons. The van der Waals surface area contributed by atoms with Crippen molar-refractivity contribution in [3.8, 4) is 0 Å². The van der Waals surface area contributed by atoms with Crippen LogP contribution in [0, 0.1) is 0 Å². The molecule has 0 aliphatic heterocycles. The highest BCUT2D eigenvalue weighted by Gasteiger charge is 2.37. The molecule has 6 nitrogen and oxygen atoms in total. The minimum atomic E-state index is -2.44. The van der Waals surface area contributed by atoms with Gasteiger partial charge in [0.25, 0.3) is 0 Å². The average molecular weight is 264 g/mol. The average Bonchev–Trinajstić information content (AvgIpc) is 2.32. The summed E-state index contributed by atoms with van der Waals surface area (Å²) in [6.45, 7) is 3.22. The van der Waals surface area contributed by atoms with Crippen molar-refractivity contribution in [2.45, 2.75) is 32.2 Å².